The number of rotatable bonds is 10. The van der Waals surface area contributed by atoms with Crippen molar-refractivity contribution in [1.29, 1.82) is 0 Å². The lowest BCUT2D eigenvalue weighted by Crippen LogP contribution is -2.58. The number of amides is 4. The summed E-state index contributed by atoms with van der Waals surface area (Å²) >= 11 is 0. The molecule has 1 aliphatic rings. The van der Waals surface area contributed by atoms with Gasteiger partial charge >= 0.3 is 0 Å². The summed E-state index contributed by atoms with van der Waals surface area (Å²) < 4.78 is 0. The van der Waals surface area contributed by atoms with Crippen LogP contribution in [0.1, 0.15) is 46.5 Å². The molecular formula is C27H40N4O6. The van der Waals surface area contributed by atoms with Gasteiger partial charge in [0, 0.05) is 31.2 Å². The van der Waals surface area contributed by atoms with Crippen LogP contribution in [0.3, 0.4) is 0 Å². The quantitative estimate of drug-likeness (QED) is 0.143. The van der Waals surface area contributed by atoms with E-state index in [-0.39, 0.29) is 25.3 Å². The lowest BCUT2D eigenvalue weighted by atomic mass is 10.0. The lowest BCUT2D eigenvalue weighted by Gasteiger charge is -2.26. The fourth-order valence-electron chi connectivity index (χ4n) is 3.30. The van der Waals surface area contributed by atoms with Crippen LogP contribution in [-0.2, 0) is 19.2 Å². The third kappa shape index (κ3) is 14.0. The molecule has 0 spiro atoms. The van der Waals surface area contributed by atoms with Gasteiger partial charge in [-0.05, 0) is 40.0 Å². The molecule has 1 rings (SSSR count). The fraction of sp³-hybridized carbons (Fsp3) is 0.481. The molecule has 0 radical (unpaired) electrons. The summed E-state index contributed by atoms with van der Waals surface area (Å²) in [7, 11) is 0. The molecule has 4 amide bonds. The van der Waals surface area contributed by atoms with Crippen LogP contribution in [0.2, 0.25) is 0 Å². The zero-order chi connectivity index (χ0) is 27.6. The van der Waals surface area contributed by atoms with E-state index in [4.69, 9.17) is 0 Å². The van der Waals surface area contributed by atoms with E-state index in [0.29, 0.717) is 6.42 Å². The van der Waals surface area contributed by atoms with Crippen molar-refractivity contribution in [2.75, 3.05) is 6.54 Å². The average Bonchev–Trinajstić information content (AvgIpc) is 2.83. The molecular weight excluding hydrogens is 476 g/mol. The van der Waals surface area contributed by atoms with E-state index in [1.807, 2.05) is 37.3 Å². The molecule has 37 heavy (non-hydrogen) atoms. The molecule has 5 atom stereocenters. The first-order valence-corrected chi connectivity index (χ1v) is 12.5. The molecule has 0 fully saturated rings. The third-order valence-electron chi connectivity index (χ3n) is 5.33. The third-order valence-corrected chi connectivity index (χ3v) is 5.33. The van der Waals surface area contributed by atoms with Crippen molar-refractivity contribution in [3.63, 3.8) is 0 Å². The number of aliphatic hydroxyl groups excluding tert-OH is 2. The van der Waals surface area contributed by atoms with Crippen LogP contribution >= 0.6 is 0 Å². The minimum atomic E-state index is -1.32. The monoisotopic (exact) mass is 516 g/mol. The second kappa shape index (κ2) is 17.9. The van der Waals surface area contributed by atoms with Gasteiger partial charge in [0.2, 0.25) is 23.6 Å². The standard InChI is InChI=1S/C27H40N4O6/c1-4-5-6-7-8-9-10-11-12-13-24(35)31-25(20(3)32)27(37)30-22-18-21(33)16-17-28-23(34)15-14-19(2)29-26(22)36/h4-5,7-8,10-15,19-22,25,32-33H,6,9,16-18H2,1-3H3,(H,28,34)(H,29,36)(H,30,37)(H,31,35)/b5-4+,8-7+,11-10+,13-12+,15-14+/t19-,20?,21?,22-,25?/m0/s1. The SMILES string of the molecule is C/C=C/C/C=C/C/C=C/C=C/C(=O)NC(C(=O)N[C@H]1CC(O)CCNC(=O)/C=C/[C@H](C)NC1=O)C(C)O. The summed E-state index contributed by atoms with van der Waals surface area (Å²) in [4.78, 5) is 49.7. The van der Waals surface area contributed by atoms with Gasteiger partial charge in [-0.3, -0.25) is 19.2 Å². The van der Waals surface area contributed by atoms with Crippen molar-refractivity contribution in [2.24, 2.45) is 0 Å². The van der Waals surface area contributed by atoms with E-state index in [1.165, 1.54) is 31.2 Å². The van der Waals surface area contributed by atoms with E-state index >= 15 is 0 Å². The summed E-state index contributed by atoms with van der Waals surface area (Å²) in [6, 6.07) is -2.95. The van der Waals surface area contributed by atoms with Crippen molar-refractivity contribution >= 4 is 23.6 Å². The topological polar surface area (TPSA) is 157 Å². The molecule has 0 saturated carbocycles. The normalized spacial score (nSPS) is 24.3. The Balaban J connectivity index is 2.78. The smallest absolute Gasteiger partial charge is 0.245 e. The molecule has 0 saturated heterocycles. The molecule has 204 valence electrons. The minimum Gasteiger partial charge on any atom is -0.393 e. The van der Waals surface area contributed by atoms with Crippen molar-refractivity contribution in [3.05, 3.63) is 60.8 Å². The maximum Gasteiger partial charge on any atom is 0.245 e. The molecule has 0 aromatic carbocycles. The predicted octanol–water partition coefficient (Wildman–Crippen LogP) is 0.694. The van der Waals surface area contributed by atoms with Gasteiger partial charge in [-0.1, -0.05) is 48.6 Å². The van der Waals surface area contributed by atoms with E-state index in [9.17, 15) is 29.4 Å². The van der Waals surface area contributed by atoms with Crippen molar-refractivity contribution in [1.82, 2.24) is 21.3 Å². The van der Waals surface area contributed by atoms with E-state index < -0.39 is 48.1 Å². The molecule has 1 aliphatic heterocycles. The van der Waals surface area contributed by atoms with Crippen molar-refractivity contribution < 1.29 is 29.4 Å². The van der Waals surface area contributed by atoms with E-state index in [0.717, 1.165) is 6.42 Å². The van der Waals surface area contributed by atoms with Crippen LogP contribution in [0.15, 0.2) is 60.8 Å². The maximum absolute atomic E-state index is 12.9. The molecule has 6 N–H and O–H groups in total. The summed E-state index contributed by atoms with van der Waals surface area (Å²) in [6.07, 6.45) is 16.6. The second-order valence-corrected chi connectivity index (χ2v) is 8.71. The summed E-state index contributed by atoms with van der Waals surface area (Å²) in [5.74, 6) is -2.26. The molecule has 0 aromatic heterocycles. The number of hydrogen-bond donors (Lipinski definition) is 6. The largest absolute Gasteiger partial charge is 0.393 e. The van der Waals surface area contributed by atoms with Crippen LogP contribution in [0.25, 0.3) is 0 Å². The number of carbonyl (C=O) groups excluding carboxylic acids is 4. The Kier molecular flexibility index (Phi) is 15.2. The average molecular weight is 517 g/mol. The fourth-order valence-corrected chi connectivity index (χ4v) is 3.30. The number of hydrogen-bond acceptors (Lipinski definition) is 6. The van der Waals surface area contributed by atoms with Crippen LogP contribution in [-0.4, -0.2) is 70.7 Å². The highest BCUT2D eigenvalue weighted by atomic mass is 16.3. The van der Waals surface area contributed by atoms with Gasteiger partial charge in [0.15, 0.2) is 0 Å². The first-order valence-electron chi connectivity index (χ1n) is 12.5. The molecule has 0 bridgehead atoms. The van der Waals surface area contributed by atoms with Crippen molar-refractivity contribution in [3.8, 4) is 0 Å². The molecule has 0 aromatic rings. The Bertz CT molecular complexity index is 907. The Morgan fingerprint density at radius 3 is 2.54 bits per heavy atom. The predicted molar refractivity (Wildman–Crippen MR) is 142 cm³/mol. The zero-order valence-electron chi connectivity index (χ0n) is 21.7. The highest BCUT2D eigenvalue weighted by Gasteiger charge is 2.31. The summed E-state index contributed by atoms with van der Waals surface area (Å²) in [5, 5.41) is 30.7. The first-order chi connectivity index (χ1) is 17.6. The molecule has 0 aliphatic carbocycles. The van der Waals surface area contributed by atoms with Gasteiger partial charge in [0.05, 0.1) is 12.2 Å². The molecule has 1 heterocycles. The van der Waals surface area contributed by atoms with Gasteiger partial charge in [-0.25, -0.2) is 0 Å². The van der Waals surface area contributed by atoms with Crippen molar-refractivity contribution in [2.45, 2.75) is 76.8 Å². The second-order valence-electron chi connectivity index (χ2n) is 8.71. The highest BCUT2D eigenvalue weighted by molar-refractivity contribution is 5.95. The molecule has 10 heteroatoms. The highest BCUT2D eigenvalue weighted by Crippen LogP contribution is 2.06. The lowest BCUT2D eigenvalue weighted by molar-refractivity contribution is -0.134. The number of carbonyl (C=O) groups is 4. The minimum absolute atomic E-state index is 0.113. The van der Waals surface area contributed by atoms with Crippen LogP contribution in [0.4, 0.5) is 0 Å². The van der Waals surface area contributed by atoms with E-state index in [2.05, 4.69) is 21.3 Å². The van der Waals surface area contributed by atoms with E-state index in [1.54, 1.807) is 13.0 Å². The Morgan fingerprint density at radius 1 is 1.16 bits per heavy atom. The molecule has 10 nitrogen and oxygen atoms in total. The first kappa shape index (κ1) is 31.5. The Morgan fingerprint density at radius 2 is 1.86 bits per heavy atom. The zero-order valence-corrected chi connectivity index (χ0v) is 21.7. The number of allylic oxidation sites excluding steroid dienone is 7. The van der Waals surface area contributed by atoms with Crippen LogP contribution < -0.4 is 21.3 Å². The Labute approximate surface area is 218 Å². The van der Waals surface area contributed by atoms with Gasteiger partial charge in [0.1, 0.15) is 12.1 Å². The Hall–Kier alpha value is -3.50. The van der Waals surface area contributed by atoms with Gasteiger partial charge < -0.3 is 31.5 Å². The van der Waals surface area contributed by atoms with Gasteiger partial charge in [-0.2, -0.15) is 0 Å². The van der Waals surface area contributed by atoms with Crippen LogP contribution in [0.5, 0.6) is 0 Å². The number of nitrogens with one attached hydrogen (secondary N) is 4. The summed E-state index contributed by atoms with van der Waals surface area (Å²) in [6.45, 7) is 5.16. The summed E-state index contributed by atoms with van der Waals surface area (Å²) in [5.41, 5.74) is 0. The van der Waals surface area contributed by atoms with Crippen LogP contribution in [0, 0.1) is 0 Å². The van der Waals surface area contributed by atoms with Gasteiger partial charge in [0.25, 0.3) is 0 Å². The van der Waals surface area contributed by atoms with Gasteiger partial charge in [-0.15, -0.1) is 0 Å². The maximum atomic E-state index is 12.9. The number of aliphatic hydroxyl groups is 2. The molecule has 3 unspecified atom stereocenters.